The SMILES string of the molecule is CC(=O)CCCOCCOCCNc1nc(Nc2ccc(O)cc2)nc(Nc2ccc(C(=O)N[C@H](C)c3ccccc3)cc2)n1. The van der Waals surface area contributed by atoms with E-state index in [4.69, 9.17) is 9.47 Å². The van der Waals surface area contributed by atoms with Crippen LogP contribution in [0.15, 0.2) is 78.9 Å². The molecule has 1 atom stereocenters. The molecule has 1 aromatic heterocycles. The number of carbonyl (C=O) groups is 2. The van der Waals surface area contributed by atoms with Crippen molar-refractivity contribution in [2.24, 2.45) is 0 Å². The number of amides is 1. The first-order valence-electron chi connectivity index (χ1n) is 14.8. The molecule has 3 aromatic carbocycles. The molecule has 4 aromatic rings. The molecule has 0 aliphatic heterocycles. The van der Waals surface area contributed by atoms with E-state index >= 15 is 0 Å². The summed E-state index contributed by atoms with van der Waals surface area (Å²) in [5.74, 6) is 1.02. The second-order valence-electron chi connectivity index (χ2n) is 10.2. The van der Waals surface area contributed by atoms with Gasteiger partial charge in [0.1, 0.15) is 11.5 Å². The Morgan fingerprint density at radius 1 is 0.756 bits per heavy atom. The molecule has 0 saturated carbocycles. The number of phenolic OH excluding ortho intramolecular Hbond substituents is 1. The molecule has 1 heterocycles. The average Bonchev–Trinajstić information content (AvgIpc) is 3.03. The van der Waals surface area contributed by atoms with Crippen molar-refractivity contribution in [2.75, 3.05) is 48.9 Å². The van der Waals surface area contributed by atoms with Crippen LogP contribution in [0.4, 0.5) is 29.2 Å². The van der Waals surface area contributed by atoms with E-state index in [1.165, 1.54) is 0 Å². The van der Waals surface area contributed by atoms with Gasteiger partial charge in [0.2, 0.25) is 17.8 Å². The molecule has 0 fully saturated rings. The third-order valence-corrected chi connectivity index (χ3v) is 6.53. The Labute approximate surface area is 262 Å². The topological polar surface area (TPSA) is 160 Å². The van der Waals surface area contributed by atoms with E-state index in [1.54, 1.807) is 55.5 Å². The zero-order valence-electron chi connectivity index (χ0n) is 25.5. The van der Waals surface area contributed by atoms with E-state index in [1.807, 2.05) is 37.3 Å². The molecule has 0 bridgehead atoms. The van der Waals surface area contributed by atoms with Crippen LogP contribution in [-0.2, 0) is 14.3 Å². The minimum absolute atomic E-state index is 0.130. The number of carbonyl (C=O) groups excluding carboxylic acids is 2. The number of phenols is 1. The maximum Gasteiger partial charge on any atom is 0.251 e. The lowest BCUT2D eigenvalue weighted by atomic mass is 10.1. The van der Waals surface area contributed by atoms with E-state index in [2.05, 4.69) is 36.2 Å². The number of hydrogen-bond donors (Lipinski definition) is 5. The highest BCUT2D eigenvalue weighted by atomic mass is 16.5. The van der Waals surface area contributed by atoms with Crippen LogP contribution in [0.3, 0.4) is 0 Å². The molecule has 12 heteroatoms. The van der Waals surface area contributed by atoms with Crippen LogP contribution in [-0.4, -0.2) is 64.7 Å². The van der Waals surface area contributed by atoms with Crippen LogP contribution in [0.1, 0.15) is 48.7 Å². The Kier molecular flexibility index (Phi) is 12.6. The summed E-state index contributed by atoms with van der Waals surface area (Å²) >= 11 is 0. The van der Waals surface area contributed by atoms with Gasteiger partial charge in [-0.2, -0.15) is 15.0 Å². The first-order valence-corrected chi connectivity index (χ1v) is 14.8. The predicted octanol–water partition coefficient (Wildman–Crippen LogP) is 5.37. The first kappa shape index (κ1) is 32.8. The van der Waals surface area contributed by atoms with Crippen molar-refractivity contribution < 1.29 is 24.2 Å². The van der Waals surface area contributed by atoms with Gasteiger partial charge in [-0.3, -0.25) is 4.79 Å². The Bertz CT molecular complexity index is 1500. The number of aromatic hydroxyl groups is 1. The second kappa shape index (κ2) is 17.3. The van der Waals surface area contributed by atoms with Crippen LogP contribution in [0.2, 0.25) is 0 Å². The lowest BCUT2D eigenvalue weighted by molar-refractivity contribution is -0.117. The smallest absolute Gasteiger partial charge is 0.251 e. The zero-order chi connectivity index (χ0) is 31.9. The Hall–Kier alpha value is -5.07. The van der Waals surface area contributed by atoms with E-state index in [0.29, 0.717) is 68.7 Å². The summed E-state index contributed by atoms with van der Waals surface area (Å²) in [6.45, 7) is 5.77. The molecule has 0 saturated heterocycles. The van der Waals surface area contributed by atoms with Gasteiger partial charge in [0, 0.05) is 36.5 Å². The fourth-order valence-corrected chi connectivity index (χ4v) is 4.16. The number of nitrogens with zero attached hydrogens (tertiary/aromatic N) is 3. The summed E-state index contributed by atoms with van der Waals surface area (Å²) < 4.78 is 11.1. The summed E-state index contributed by atoms with van der Waals surface area (Å²) in [6, 6.07) is 23.2. The maximum absolute atomic E-state index is 12.8. The minimum atomic E-state index is -0.174. The molecule has 0 aliphatic carbocycles. The number of aromatic nitrogens is 3. The van der Waals surface area contributed by atoms with Crippen molar-refractivity contribution in [3.63, 3.8) is 0 Å². The van der Waals surface area contributed by atoms with E-state index < -0.39 is 0 Å². The normalized spacial score (nSPS) is 11.4. The van der Waals surface area contributed by atoms with Crippen molar-refractivity contribution in [2.45, 2.75) is 32.7 Å². The molecule has 0 unspecified atom stereocenters. The number of ketones is 1. The highest BCUT2D eigenvalue weighted by molar-refractivity contribution is 5.94. The number of benzene rings is 3. The summed E-state index contributed by atoms with van der Waals surface area (Å²) in [5, 5.41) is 22.1. The number of rotatable bonds is 18. The lowest BCUT2D eigenvalue weighted by Crippen LogP contribution is -2.26. The fourth-order valence-electron chi connectivity index (χ4n) is 4.16. The average molecular weight is 614 g/mol. The van der Waals surface area contributed by atoms with Crippen molar-refractivity contribution in [1.29, 1.82) is 0 Å². The van der Waals surface area contributed by atoms with E-state index in [9.17, 15) is 14.7 Å². The number of anilines is 5. The van der Waals surface area contributed by atoms with Gasteiger partial charge in [-0.1, -0.05) is 30.3 Å². The van der Waals surface area contributed by atoms with Gasteiger partial charge in [-0.15, -0.1) is 0 Å². The molecule has 0 aliphatic rings. The number of nitrogens with one attached hydrogen (secondary N) is 4. The van der Waals surface area contributed by atoms with Crippen LogP contribution in [0.25, 0.3) is 0 Å². The van der Waals surface area contributed by atoms with Crippen LogP contribution >= 0.6 is 0 Å². The summed E-state index contributed by atoms with van der Waals surface area (Å²) in [7, 11) is 0. The van der Waals surface area contributed by atoms with Gasteiger partial charge in [0.15, 0.2) is 0 Å². The monoisotopic (exact) mass is 613 g/mol. The largest absolute Gasteiger partial charge is 0.508 e. The predicted molar refractivity (Wildman–Crippen MR) is 173 cm³/mol. The zero-order valence-corrected chi connectivity index (χ0v) is 25.5. The van der Waals surface area contributed by atoms with Gasteiger partial charge < -0.3 is 40.6 Å². The van der Waals surface area contributed by atoms with Gasteiger partial charge >= 0.3 is 0 Å². The van der Waals surface area contributed by atoms with Gasteiger partial charge in [0.05, 0.1) is 25.9 Å². The van der Waals surface area contributed by atoms with Crippen LogP contribution < -0.4 is 21.3 Å². The summed E-state index contributed by atoms with van der Waals surface area (Å²) in [5.41, 5.74) is 2.92. The van der Waals surface area contributed by atoms with Crippen molar-refractivity contribution in [1.82, 2.24) is 20.3 Å². The van der Waals surface area contributed by atoms with Crippen molar-refractivity contribution >= 4 is 40.9 Å². The molecule has 5 N–H and O–H groups in total. The van der Waals surface area contributed by atoms with Gasteiger partial charge in [0.25, 0.3) is 5.91 Å². The summed E-state index contributed by atoms with van der Waals surface area (Å²) in [6.07, 6.45) is 1.23. The van der Waals surface area contributed by atoms with Crippen molar-refractivity contribution in [3.8, 4) is 5.75 Å². The standard InChI is InChI=1S/C33H39N7O5/c1-23(41)7-6-19-44-21-22-45-20-18-34-31-38-32(40-33(39-31)37-28-14-16-29(42)17-15-28)36-27-12-10-26(11-13-27)30(43)35-24(2)25-8-4-3-5-9-25/h3-5,8-17,24,42H,6-7,18-22H2,1-2H3,(H,35,43)(H3,34,36,37,38,39,40)/t24-/m1/s1. The van der Waals surface area contributed by atoms with Gasteiger partial charge in [-0.25, -0.2) is 0 Å². The number of Topliss-reactive ketones (excluding diaryl/α,β-unsaturated/α-hetero) is 1. The lowest BCUT2D eigenvalue weighted by Gasteiger charge is -2.15. The molecule has 0 spiro atoms. The Morgan fingerprint density at radius 2 is 1.33 bits per heavy atom. The van der Waals surface area contributed by atoms with Gasteiger partial charge in [-0.05, 0) is 74.4 Å². The van der Waals surface area contributed by atoms with E-state index in [-0.39, 0.29) is 35.4 Å². The molecular formula is C33H39N7O5. The van der Waals surface area contributed by atoms with E-state index in [0.717, 1.165) is 5.56 Å². The fraction of sp³-hybridized carbons (Fsp3) is 0.303. The molecule has 4 rings (SSSR count). The highest BCUT2D eigenvalue weighted by Crippen LogP contribution is 2.21. The number of hydrogen-bond acceptors (Lipinski definition) is 11. The Balaban J connectivity index is 1.34. The molecule has 1 amide bonds. The molecule has 0 radical (unpaired) electrons. The molecule has 236 valence electrons. The highest BCUT2D eigenvalue weighted by Gasteiger charge is 2.12. The third kappa shape index (κ3) is 11.5. The van der Waals surface area contributed by atoms with Crippen LogP contribution in [0.5, 0.6) is 5.75 Å². The first-order chi connectivity index (χ1) is 21.9. The second-order valence-corrected chi connectivity index (χ2v) is 10.2. The van der Waals surface area contributed by atoms with Crippen LogP contribution in [0, 0.1) is 0 Å². The molecule has 45 heavy (non-hydrogen) atoms. The third-order valence-electron chi connectivity index (χ3n) is 6.53. The quantitative estimate of drug-likeness (QED) is 0.0725. The number of ether oxygens (including phenoxy) is 2. The maximum atomic E-state index is 12.8. The molecular weight excluding hydrogens is 574 g/mol. The Morgan fingerprint density at radius 3 is 1.96 bits per heavy atom. The minimum Gasteiger partial charge on any atom is -0.508 e. The molecule has 12 nitrogen and oxygen atoms in total. The summed E-state index contributed by atoms with van der Waals surface area (Å²) in [4.78, 5) is 37.2. The van der Waals surface area contributed by atoms with Crippen molar-refractivity contribution in [3.05, 3.63) is 90.0 Å².